The number of carbonyl (C=O) groups excluding carboxylic acids is 2. The van der Waals surface area contributed by atoms with E-state index in [2.05, 4.69) is 5.32 Å². The zero-order chi connectivity index (χ0) is 19.2. The number of ether oxygens (including phenoxy) is 3. The molecule has 0 aliphatic carbocycles. The second kappa shape index (κ2) is 10.4. The molecule has 3 rings (SSSR count). The van der Waals surface area contributed by atoms with Gasteiger partial charge in [-0.15, -0.1) is 12.4 Å². The molecule has 1 aromatic carbocycles. The predicted octanol–water partition coefficient (Wildman–Crippen LogP) is 1.35. The lowest BCUT2D eigenvalue weighted by molar-refractivity contribution is -0.121. The lowest BCUT2D eigenvalue weighted by Gasteiger charge is -2.36. The van der Waals surface area contributed by atoms with E-state index in [-0.39, 0.29) is 30.3 Å². The number of nitrogens with two attached hydrogens (primary N) is 1. The first-order chi connectivity index (χ1) is 13.1. The molecule has 0 saturated carbocycles. The van der Waals surface area contributed by atoms with Gasteiger partial charge in [0.25, 0.3) is 5.91 Å². The van der Waals surface area contributed by atoms with Crippen LogP contribution in [0.25, 0.3) is 0 Å². The number of piperidine rings is 1. The average Bonchev–Trinajstić information content (AvgIpc) is 2.71. The molecule has 156 valence electrons. The van der Waals surface area contributed by atoms with E-state index >= 15 is 0 Å². The van der Waals surface area contributed by atoms with Crippen LogP contribution in [0.15, 0.2) is 12.1 Å². The molecule has 3 N–H and O–H groups in total. The van der Waals surface area contributed by atoms with Gasteiger partial charge in [0.05, 0.1) is 7.11 Å². The standard InChI is InChI=1S/C19H27N3O5.ClH/c1-25-15-10-13(11-16-18(15)27-9-8-26-16)19(24)22-7-3-2-4-14(22)12-21-17(23)5-6-20;/h10-11,14H,2-9,12,20H2,1H3,(H,21,23);1H. The number of hydrogen-bond acceptors (Lipinski definition) is 6. The average molecular weight is 414 g/mol. The third-order valence-electron chi connectivity index (χ3n) is 4.87. The molecule has 28 heavy (non-hydrogen) atoms. The maximum Gasteiger partial charge on any atom is 0.254 e. The number of halogens is 1. The molecule has 1 fully saturated rings. The first-order valence-corrected chi connectivity index (χ1v) is 9.39. The summed E-state index contributed by atoms with van der Waals surface area (Å²) < 4.78 is 16.6. The van der Waals surface area contributed by atoms with Crippen LogP contribution in [0.4, 0.5) is 0 Å². The van der Waals surface area contributed by atoms with Crippen molar-refractivity contribution in [2.24, 2.45) is 5.73 Å². The molecule has 2 aliphatic rings. The largest absolute Gasteiger partial charge is 0.493 e. The minimum absolute atomic E-state index is 0. The number of benzene rings is 1. The van der Waals surface area contributed by atoms with Crippen LogP contribution in [-0.4, -0.2) is 62.7 Å². The fraction of sp³-hybridized carbons (Fsp3) is 0.579. The Kier molecular flexibility index (Phi) is 8.19. The summed E-state index contributed by atoms with van der Waals surface area (Å²) in [6.45, 7) is 2.30. The van der Waals surface area contributed by atoms with Crippen molar-refractivity contribution in [3.8, 4) is 17.2 Å². The number of likely N-dealkylation sites (tertiary alicyclic amines) is 1. The molecule has 0 radical (unpaired) electrons. The maximum absolute atomic E-state index is 13.2. The number of fused-ring (bicyclic) bond motifs is 1. The monoisotopic (exact) mass is 413 g/mol. The normalized spacial score (nSPS) is 18.1. The Hall–Kier alpha value is -2.19. The molecule has 1 aromatic rings. The van der Waals surface area contributed by atoms with Crippen molar-refractivity contribution in [3.05, 3.63) is 17.7 Å². The van der Waals surface area contributed by atoms with Crippen molar-refractivity contribution in [1.29, 1.82) is 0 Å². The van der Waals surface area contributed by atoms with Gasteiger partial charge in [0.1, 0.15) is 13.2 Å². The molecule has 0 spiro atoms. The third kappa shape index (κ3) is 4.99. The second-order valence-corrected chi connectivity index (χ2v) is 6.69. The molecule has 9 heteroatoms. The van der Waals surface area contributed by atoms with Gasteiger partial charge in [-0.3, -0.25) is 9.59 Å². The molecular weight excluding hydrogens is 386 g/mol. The van der Waals surface area contributed by atoms with E-state index in [1.54, 1.807) is 19.2 Å². The van der Waals surface area contributed by atoms with Crippen LogP contribution in [0, 0.1) is 0 Å². The van der Waals surface area contributed by atoms with Crippen LogP contribution in [0.3, 0.4) is 0 Å². The highest BCUT2D eigenvalue weighted by Crippen LogP contribution is 2.40. The van der Waals surface area contributed by atoms with Crippen LogP contribution in [-0.2, 0) is 4.79 Å². The van der Waals surface area contributed by atoms with Gasteiger partial charge in [0.2, 0.25) is 11.7 Å². The van der Waals surface area contributed by atoms with E-state index < -0.39 is 0 Å². The lowest BCUT2D eigenvalue weighted by atomic mass is 10.00. The van der Waals surface area contributed by atoms with Gasteiger partial charge in [-0.05, 0) is 31.4 Å². The van der Waals surface area contributed by atoms with Crippen molar-refractivity contribution in [3.63, 3.8) is 0 Å². The van der Waals surface area contributed by atoms with Gasteiger partial charge in [-0.2, -0.15) is 0 Å². The van der Waals surface area contributed by atoms with Gasteiger partial charge in [-0.1, -0.05) is 0 Å². The number of amides is 2. The summed E-state index contributed by atoms with van der Waals surface area (Å²) in [5.41, 5.74) is 5.91. The fourth-order valence-corrected chi connectivity index (χ4v) is 3.49. The van der Waals surface area contributed by atoms with Crippen LogP contribution < -0.4 is 25.3 Å². The molecular formula is C19H28ClN3O5. The zero-order valence-electron chi connectivity index (χ0n) is 16.1. The minimum atomic E-state index is -0.0944. The van der Waals surface area contributed by atoms with E-state index in [9.17, 15) is 9.59 Å². The van der Waals surface area contributed by atoms with Crippen molar-refractivity contribution >= 4 is 24.2 Å². The number of nitrogens with one attached hydrogen (secondary N) is 1. The topological polar surface area (TPSA) is 103 Å². The molecule has 0 aromatic heterocycles. The summed E-state index contributed by atoms with van der Waals surface area (Å²) >= 11 is 0. The quantitative estimate of drug-likeness (QED) is 0.729. The van der Waals surface area contributed by atoms with Gasteiger partial charge in [0.15, 0.2) is 11.5 Å². The second-order valence-electron chi connectivity index (χ2n) is 6.69. The van der Waals surface area contributed by atoms with Gasteiger partial charge >= 0.3 is 0 Å². The summed E-state index contributed by atoms with van der Waals surface area (Å²) in [5, 5.41) is 2.88. The predicted molar refractivity (Wildman–Crippen MR) is 107 cm³/mol. The minimum Gasteiger partial charge on any atom is -0.493 e. The first kappa shape index (κ1) is 22.1. The number of methoxy groups -OCH3 is 1. The van der Waals surface area contributed by atoms with Gasteiger partial charge in [0, 0.05) is 37.7 Å². The van der Waals surface area contributed by atoms with E-state index in [0.29, 0.717) is 62.1 Å². The first-order valence-electron chi connectivity index (χ1n) is 9.39. The SMILES string of the molecule is COc1cc(C(=O)N2CCCCC2CNC(=O)CCN)cc2c1OCCO2.Cl. The molecule has 2 heterocycles. The molecule has 2 amide bonds. The lowest BCUT2D eigenvalue weighted by Crippen LogP contribution is -2.49. The molecule has 8 nitrogen and oxygen atoms in total. The van der Waals surface area contributed by atoms with Crippen molar-refractivity contribution in [2.45, 2.75) is 31.7 Å². The number of hydrogen-bond donors (Lipinski definition) is 2. The smallest absolute Gasteiger partial charge is 0.254 e. The van der Waals surface area contributed by atoms with E-state index in [1.165, 1.54) is 0 Å². The van der Waals surface area contributed by atoms with Crippen LogP contribution in [0.2, 0.25) is 0 Å². The van der Waals surface area contributed by atoms with Crippen molar-refractivity contribution in [2.75, 3.05) is 40.0 Å². The summed E-state index contributed by atoms with van der Waals surface area (Å²) in [7, 11) is 1.54. The van der Waals surface area contributed by atoms with Crippen LogP contribution in [0.5, 0.6) is 17.2 Å². The Morgan fingerprint density at radius 3 is 2.82 bits per heavy atom. The highest BCUT2D eigenvalue weighted by molar-refractivity contribution is 5.96. The highest BCUT2D eigenvalue weighted by Gasteiger charge is 2.30. The summed E-state index contributed by atoms with van der Waals surface area (Å²) in [6.07, 6.45) is 3.13. The summed E-state index contributed by atoms with van der Waals surface area (Å²) in [4.78, 5) is 26.7. The highest BCUT2D eigenvalue weighted by atomic mass is 35.5. The molecule has 0 bridgehead atoms. The number of carbonyl (C=O) groups is 2. The van der Waals surface area contributed by atoms with Crippen LogP contribution in [0.1, 0.15) is 36.0 Å². The van der Waals surface area contributed by atoms with Crippen molar-refractivity contribution < 1.29 is 23.8 Å². The van der Waals surface area contributed by atoms with E-state index in [4.69, 9.17) is 19.9 Å². The van der Waals surface area contributed by atoms with Crippen LogP contribution >= 0.6 is 12.4 Å². The maximum atomic E-state index is 13.2. The zero-order valence-corrected chi connectivity index (χ0v) is 16.9. The Balaban J connectivity index is 0.00000280. The molecule has 1 unspecified atom stereocenters. The van der Waals surface area contributed by atoms with Crippen molar-refractivity contribution in [1.82, 2.24) is 10.2 Å². The third-order valence-corrected chi connectivity index (χ3v) is 4.87. The van der Waals surface area contributed by atoms with E-state index in [0.717, 1.165) is 19.3 Å². The van der Waals surface area contributed by atoms with Gasteiger partial charge < -0.3 is 30.2 Å². The molecule has 1 saturated heterocycles. The Labute approximate surface area is 171 Å². The Bertz CT molecular complexity index is 683. The summed E-state index contributed by atoms with van der Waals surface area (Å²) in [5.74, 6) is 1.36. The number of nitrogens with zero attached hydrogens (tertiary/aromatic N) is 1. The van der Waals surface area contributed by atoms with Gasteiger partial charge in [-0.25, -0.2) is 0 Å². The Morgan fingerprint density at radius 1 is 1.29 bits per heavy atom. The fourth-order valence-electron chi connectivity index (χ4n) is 3.49. The van der Waals surface area contributed by atoms with E-state index in [1.807, 2.05) is 4.90 Å². The Morgan fingerprint density at radius 2 is 2.07 bits per heavy atom. The number of rotatable bonds is 6. The molecule has 2 aliphatic heterocycles. The summed E-state index contributed by atoms with van der Waals surface area (Å²) in [6, 6.07) is 3.36. The molecule has 1 atom stereocenters.